The lowest BCUT2D eigenvalue weighted by atomic mass is 9.96. The maximum absolute atomic E-state index is 12.8. The van der Waals surface area contributed by atoms with Crippen LogP contribution in [0.4, 0.5) is 10.5 Å². The number of aromatic nitrogens is 3. The number of imidazole rings is 1. The van der Waals surface area contributed by atoms with E-state index >= 15 is 0 Å². The second-order valence-corrected chi connectivity index (χ2v) is 9.13. The number of amides is 3. The zero-order valence-corrected chi connectivity index (χ0v) is 20.6. The molecule has 0 spiro atoms. The average Bonchev–Trinajstić information content (AvgIpc) is 3.18. The van der Waals surface area contributed by atoms with Crippen LogP contribution in [0.3, 0.4) is 0 Å². The Balaban J connectivity index is 1.72. The molecule has 0 radical (unpaired) electrons. The second-order valence-electron chi connectivity index (χ2n) is 9.13. The van der Waals surface area contributed by atoms with Gasteiger partial charge in [0.15, 0.2) is 0 Å². The number of likely N-dealkylation sites (N-methyl/N-ethyl adjacent to an activating group) is 1. The molecule has 3 amide bonds. The minimum absolute atomic E-state index is 0.0614. The van der Waals surface area contributed by atoms with Gasteiger partial charge < -0.3 is 24.5 Å². The quantitative estimate of drug-likeness (QED) is 0.512. The normalized spacial score (nSPS) is 15.0. The number of benzene rings is 1. The highest BCUT2D eigenvalue weighted by molar-refractivity contribution is 5.95. The lowest BCUT2D eigenvalue weighted by Gasteiger charge is -2.33. The van der Waals surface area contributed by atoms with Crippen molar-refractivity contribution < 1.29 is 19.5 Å². The smallest absolute Gasteiger partial charge is 0.412 e. The number of aryl methyl sites for hydroxylation is 3. The Kier molecular flexibility index (Phi) is 7.09. The zero-order valence-electron chi connectivity index (χ0n) is 20.6. The third-order valence-corrected chi connectivity index (χ3v) is 6.51. The van der Waals surface area contributed by atoms with Gasteiger partial charge in [0, 0.05) is 50.9 Å². The van der Waals surface area contributed by atoms with Gasteiger partial charge >= 0.3 is 6.09 Å². The Labute approximate surface area is 207 Å². The fourth-order valence-electron chi connectivity index (χ4n) is 4.53. The third-order valence-electron chi connectivity index (χ3n) is 6.51. The average molecular weight is 495 g/mol. The fourth-order valence-corrected chi connectivity index (χ4v) is 4.53. The van der Waals surface area contributed by atoms with E-state index in [4.69, 9.17) is 4.98 Å². The van der Waals surface area contributed by atoms with E-state index < -0.39 is 6.09 Å². The minimum atomic E-state index is -1.02. The van der Waals surface area contributed by atoms with Crippen LogP contribution in [0.2, 0.25) is 0 Å². The van der Waals surface area contributed by atoms with Gasteiger partial charge in [-0.15, -0.1) is 0 Å². The predicted octanol–water partition coefficient (Wildman–Crippen LogP) is 1.46. The molecular formula is C25H30N6O5. The van der Waals surface area contributed by atoms with Crippen molar-refractivity contribution in [1.29, 1.82) is 0 Å². The molecule has 1 atom stereocenters. The maximum atomic E-state index is 12.8. The van der Waals surface area contributed by atoms with Gasteiger partial charge in [0.2, 0.25) is 11.8 Å². The lowest BCUT2D eigenvalue weighted by Crippen LogP contribution is -2.41. The van der Waals surface area contributed by atoms with E-state index in [0.29, 0.717) is 48.4 Å². The van der Waals surface area contributed by atoms with Crippen molar-refractivity contribution in [2.45, 2.75) is 45.3 Å². The maximum Gasteiger partial charge on any atom is 0.412 e. The molecule has 1 aliphatic heterocycles. The van der Waals surface area contributed by atoms with Crippen molar-refractivity contribution in [3.05, 3.63) is 58.3 Å². The number of carbonyl (C=O) groups excluding carboxylic acids is 2. The summed E-state index contributed by atoms with van der Waals surface area (Å²) in [6.07, 6.45) is 2.39. The number of nitrogens with one attached hydrogen (secondary N) is 1. The van der Waals surface area contributed by atoms with Crippen molar-refractivity contribution >= 4 is 34.6 Å². The van der Waals surface area contributed by atoms with Gasteiger partial charge in [-0.2, -0.15) is 0 Å². The largest absolute Gasteiger partial charge is 0.465 e. The molecule has 0 fully saturated rings. The molecule has 190 valence electrons. The second kappa shape index (κ2) is 10.2. The van der Waals surface area contributed by atoms with Crippen LogP contribution in [0.25, 0.3) is 11.0 Å². The van der Waals surface area contributed by atoms with Crippen molar-refractivity contribution in [1.82, 2.24) is 24.3 Å². The number of anilines is 1. The summed E-state index contributed by atoms with van der Waals surface area (Å²) in [4.78, 5) is 56.4. The molecular weight excluding hydrogens is 464 g/mol. The molecule has 3 aromatic rings. The zero-order chi connectivity index (χ0) is 26.0. The van der Waals surface area contributed by atoms with Crippen LogP contribution in [0.15, 0.2) is 41.3 Å². The topological polar surface area (TPSA) is 130 Å². The van der Waals surface area contributed by atoms with E-state index in [0.717, 1.165) is 5.56 Å². The lowest BCUT2D eigenvalue weighted by molar-refractivity contribution is -0.131. The van der Waals surface area contributed by atoms with Crippen LogP contribution >= 0.6 is 0 Å². The fraction of sp³-hybridized carbons (Fsp3) is 0.400. The summed E-state index contributed by atoms with van der Waals surface area (Å²) in [5.74, 6) is 0.0318. The van der Waals surface area contributed by atoms with E-state index in [9.17, 15) is 24.3 Å². The molecule has 0 aliphatic carbocycles. The molecule has 3 heterocycles. The first kappa shape index (κ1) is 25.0. The van der Waals surface area contributed by atoms with Gasteiger partial charge in [0.25, 0.3) is 5.56 Å². The first-order valence-electron chi connectivity index (χ1n) is 11.8. The van der Waals surface area contributed by atoms with Gasteiger partial charge in [0.1, 0.15) is 12.4 Å². The van der Waals surface area contributed by atoms with E-state index in [1.807, 2.05) is 6.92 Å². The van der Waals surface area contributed by atoms with Crippen LogP contribution < -0.4 is 15.8 Å². The summed E-state index contributed by atoms with van der Waals surface area (Å²) in [7, 11) is 3.23. The molecule has 36 heavy (non-hydrogen) atoms. The molecule has 0 unspecified atom stereocenters. The summed E-state index contributed by atoms with van der Waals surface area (Å²) in [6, 6.07) is 8.33. The predicted molar refractivity (Wildman–Crippen MR) is 134 cm³/mol. The molecule has 2 aromatic heterocycles. The van der Waals surface area contributed by atoms with Crippen LogP contribution in [-0.4, -0.2) is 68.7 Å². The number of rotatable bonds is 7. The van der Waals surface area contributed by atoms with Crippen LogP contribution in [0.5, 0.6) is 0 Å². The first-order chi connectivity index (χ1) is 17.2. The third kappa shape index (κ3) is 4.95. The summed E-state index contributed by atoms with van der Waals surface area (Å²) in [5, 5.41) is 12.4. The van der Waals surface area contributed by atoms with Gasteiger partial charge in [0.05, 0.1) is 23.3 Å². The highest BCUT2D eigenvalue weighted by atomic mass is 16.4. The van der Waals surface area contributed by atoms with E-state index in [2.05, 4.69) is 5.32 Å². The molecule has 11 heteroatoms. The number of hydrogen-bond acceptors (Lipinski definition) is 5. The Morgan fingerprint density at radius 3 is 2.67 bits per heavy atom. The minimum Gasteiger partial charge on any atom is -0.465 e. The molecule has 0 saturated heterocycles. The SMILES string of the molecule is C[C@H]1CCc2c(ccc3c2nc(CCn2ccccc2=O)n3CC(=O)NCC(=O)N(C)C)N1C(=O)O. The van der Waals surface area contributed by atoms with Crippen LogP contribution in [-0.2, 0) is 35.5 Å². The number of hydrogen-bond donors (Lipinski definition) is 2. The summed E-state index contributed by atoms with van der Waals surface area (Å²) in [5.41, 5.74) is 2.65. The monoisotopic (exact) mass is 494 g/mol. The van der Waals surface area contributed by atoms with Crippen molar-refractivity contribution in [3.63, 3.8) is 0 Å². The van der Waals surface area contributed by atoms with Crippen molar-refractivity contribution in [2.24, 2.45) is 0 Å². The van der Waals surface area contributed by atoms with Crippen LogP contribution in [0, 0.1) is 0 Å². The van der Waals surface area contributed by atoms with E-state index in [1.165, 1.54) is 15.9 Å². The molecule has 11 nitrogen and oxygen atoms in total. The van der Waals surface area contributed by atoms with E-state index in [1.54, 1.807) is 53.7 Å². The molecule has 1 aliphatic rings. The van der Waals surface area contributed by atoms with Gasteiger partial charge in [-0.25, -0.2) is 9.78 Å². The standard InChI is InChI=1S/C25H30N6O5/c1-16-7-8-17-18(31(16)25(35)36)9-10-19-24(17)27-20(11-13-29-12-5-4-6-22(29)33)30(19)15-21(32)26-14-23(34)28(2)3/h4-6,9-10,12,16H,7-8,11,13-15H2,1-3H3,(H,26,32)(H,35,36)/t16-/m0/s1. The Morgan fingerprint density at radius 2 is 1.97 bits per heavy atom. The van der Waals surface area contributed by atoms with Crippen LogP contribution in [0.1, 0.15) is 24.7 Å². The first-order valence-corrected chi connectivity index (χ1v) is 11.8. The Hall–Kier alpha value is -4.15. The summed E-state index contributed by atoms with van der Waals surface area (Å²) >= 11 is 0. The summed E-state index contributed by atoms with van der Waals surface area (Å²) in [6.45, 7) is 2.06. The molecule has 0 bridgehead atoms. The van der Waals surface area contributed by atoms with E-state index in [-0.39, 0.29) is 36.5 Å². The number of fused-ring (bicyclic) bond motifs is 3. The highest BCUT2D eigenvalue weighted by Crippen LogP contribution is 2.36. The van der Waals surface area contributed by atoms with Crippen molar-refractivity contribution in [3.8, 4) is 0 Å². The molecule has 4 rings (SSSR count). The number of pyridine rings is 1. The number of nitrogens with zero attached hydrogens (tertiary/aromatic N) is 5. The van der Waals surface area contributed by atoms with Gasteiger partial charge in [-0.1, -0.05) is 6.07 Å². The number of carboxylic acid groups (broad SMARTS) is 1. The summed E-state index contributed by atoms with van der Waals surface area (Å²) < 4.78 is 3.35. The van der Waals surface area contributed by atoms with Gasteiger partial charge in [-0.3, -0.25) is 19.3 Å². The Bertz CT molecular complexity index is 1380. The number of carbonyl (C=O) groups is 3. The van der Waals surface area contributed by atoms with Gasteiger partial charge in [-0.05, 0) is 38.0 Å². The molecule has 0 saturated carbocycles. The van der Waals surface area contributed by atoms with Crippen molar-refractivity contribution in [2.75, 3.05) is 25.5 Å². The molecule has 2 N–H and O–H groups in total. The Morgan fingerprint density at radius 1 is 1.19 bits per heavy atom. The molecule has 1 aromatic carbocycles. The highest BCUT2D eigenvalue weighted by Gasteiger charge is 2.30.